The molecular formula is C16H25FN6O6. The number of azide groups is 1. The molecule has 0 saturated heterocycles. The van der Waals surface area contributed by atoms with Gasteiger partial charge in [0.2, 0.25) is 0 Å². The van der Waals surface area contributed by atoms with Gasteiger partial charge in [0.15, 0.2) is 12.0 Å². The van der Waals surface area contributed by atoms with Gasteiger partial charge in [-0.25, -0.2) is 14.0 Å². The lowest BCUT2D eigenvalue weighted by atomic mass is 10.0. The van der Waals surface area contributed by atoms with Gasteiger partial charge in [0, 0.05) is 11.1 Å². The molecule has 0 aliphatic heterocycles. The highest BCUT2D eigenvalue weighted by Gasteiger charge is 2.39. The third-order valence-electron chi connectivity index (χ3n) is 4.13. The van der Waals surface area contributed by atoms with Crippen molar-refractivity contribution in [3.05, 3.63) is 33.2 Å². The minimum Gasteiger partial charge on any atom is -0.467 e. The first-order valence-corrected chi connectivity index (χ1v) is 8.68. The molecule has 0 saturated carbocycles. The Kier molecular flexibility index (Phi) is 8.98. The first kappa shape index (κ1) is 24.3. The number of methoxy groups -OCH3 is 1. The molecule has 3 N–H and O–H groups in total. The summed E-state index contributed by atoms with van der Waals surface area (Å²) in [6.07, 6.45) is -2.00. The third-order valence-corrected chi connectivity index (χ3v) is 4.13. The first-order chi connectivity index (χ1) is 13.6. The van der Waals surface area contributed by atoms with Crippen molar-refractivity contribution in [3.63, 3.8) is 0 Å². The Labute approximate surface area is 165 Å². The van der Waals surface area contributed by atoms with E-state index in [9.17, 15) is 24.2 Å². The summed E-state index contributed by atoms with van der Waals surface area (Å²) in [5.74, 6) is -0.671. The van der Waals surface area contributed by atoms with Crippen molar-refractivity contribution in [1.29, 1.82) is 0 Å². The molecule has 0 aliphatic rings. The predicted octanol–water partition coefficient (Wildman–Crippen LogP) is 0.717. The molecule has 1 heterocycles. The van der Waals surface area contributed by atoms with E-state index < -0.39 is 49.0 Å². The van der Waals surface area contributed by atoms with E-state index in [4.69, 9.17) is 15.0 Å². The van der Waals surface area contributed by atoms with Crippen LogP contribution in [-0.4, -0.2) is 64.0 Å². The van der Waals surface area contributed by atoms with Gasteiger partial charge in [-0.2, -0.15) is 4.98 Å². The van der Waals surface area contributed by atoms with Gasteiger partial charge >= 0.3 is 11.7 Å². The number of nitrogens with zero attached hydrogens (tertiary/aromatic N) is 5. The Balaban J connectivity index is 3.19. The van der Waals surface area contributed by atoms with Gasteiger partial charge < -0.3 is 25.0 Å². The van der Waals surface area contributed by atoms with Gasteiger partial charge in [-0.1, -0.05) is 19.0 Å². The van der Waals surface area contributed by atoms with Crippen molar-refractivity contribution in [1.82, 2.24) is 9.55 Å². The number of hydrogen-bond acceptors (Lipinski definition) is 9. The Hall–Kier alpha value is -2.73. The van der Waals surface area contributed by atoms with Crippen molar-refractivity contribution in [3.8, 4) is 0 Å². The van der Waals surface area contributed by atoms with E-state index in [2.05, 4.69) is 20.3 Å². The highest BCUT2D eigenvalue weighted by Crippen LogP contribution is 2.25. The molecule has 0 radical (unpaired) electrons. The second-order valence-corrected chi connectivity index (χ2v) is 6.49. The van der Waals surface area contributed by atoms with E-state index in [-0.39, 0.29) is 11.7 Å². The zero-order valence-corrected chi connectivity index (χ0v) is 16.5. The minimum absolute atomic E-state index is 0.0481. The minimum atomic E-state index is -2.20. The van der Waals surface area contributed by atoms with E-state index in [0.717, 1.165) is 10.8 Å². The van der Waals surface area contributed by atoms with Crippen LogP contribution in [0.1, 0.15) is 27.0 Å². The van der Waals surface area contributed by atoms with Crippen LogP contribution in [0.15, 0.2) is 22.2 Å². The lowest BCUT2D eigenvalue weighted by molar-refractivity contribution is -0.193. The number of anilines is 1. The third kappa shape index (κ3) is 5.87. The highest BCUT2D eigenvalue weighted by atomic mass is 19.1. The monoisotopic (exact) mass is 416 g/mol. The lowest BCUT2D eigenvalue weighted by Gasteiger charge is -2.33. The summed E-state index contributed by atoms with van der Waals surface area (Å²) in [5.41, 5.74) is 5.52. The van der Waals surface area contributed by atoms with Crippen LogP contribution in [0.5, 0.6) is 0 Å². The Morgan fingerprint density at radius 3 is 2.59 bits per heavy atom. The first-order valence-electron chi connectivity index (χ1n) is 8.68. The number of hydrogen-bond donors (Lipinski definition) is 3. The van der Waals surface area contributed by atoms with Crippen LogP contribution in [0.3, 0.4) is 0 Å². The number of carbonyl (C=O) groups is 1. The molecule has 13 heteroatoms. The molecule has 4 atom stereocenters. The van der Waals surface area contributed by atoms with Crippen LogP contribution in [0, 0.1) is 5.92 Å². The molecule has 0 bridgehead atoms. The van der Waals surface area contributed by atoms with Crippen molar-refractivity contribution in [2.24, 2.45) is 11.0 Å². The smallest absolute Gasteiger partial charge is 0.351 e. The van der Waals surface area contributed by atoms with Crippen LogP contribution in [0.4, 0.5) is 10.2 Å². The fourth-order valence-corrected chi connectivity index (χ4v) is 2.38. The number of nitrogens with one attached hydrogen (secondary N) is 1. The second-order valence-electron chi connectivity index (χ2n) is 6.49. The molecule has 0 fully saturated rings. The molecule has 0 spiro atoms. The number of esters is 1. The molecule has 0 amide bonds. The molecule has 0 aliphatic carbocycles. The Morgan fingerprint density at radius 1 is 1.52 bits per heavy atom. The van der Waals surface area contributed by atoms with Crippen molar-refractivity contribution >= 4 is 11.8 Å². The molecule has 1 aromatic rings. The molecule has 162 valence electrons. The molecule has 29 heavy (non-hydrogen) atoms. The fraction of sp³-hybridized carbons (Fsp3) is 0.688. The Bertz CT molecular complexity index is 796. The number of ether oxygens (including phenoxy) is 2. The van der Waals surface area contributed by atoms with Crippen LogP contribution < -0.4 is 11.0 Å². The van der Waals surface area contributed by atoms with Gasteiger partial charge in [-0.3, -0.25) is 4.57 Å². The fourth-order valence-electron chi connectivity index (χ4n) is 2.38. The van der Waals surface area contributed by atoms with Crippen molar-refractivity contribution in [2.75, 3.05) is 25.7 Å². The van der Waals surface area contributed by atoms with Gasteiger partial charge in [0.25, 0.3) is 0 Å². The maximum atomic E-state index is 13.6. The molecule has 12 nitrogen and oxygen atoms in total. The van der Waals surface area contributed by atoms with Gasteiger partial charge in [-0.05, 0) is 24.4 Å². The standard InChI is InChI=1S/C16H25FN6O6/c1-9(2)13(14(26)28-4)19-11-5-6-23(15(27)20-11)12(7-17)29-16(8-24,10(3)25)21-22-18/h5-6,9-10,12-13,24-25H,7-8H2,1-4H3,(H,19,20,27)/t10-,12-,13-,16-/m1/s1. The van der Waals surface area contributed by atoms with E-state index in [0.29, 0.717) is 0 Å². The normalized spacial score (nSPS) is 16.3. The number of aliphatic hydroxyl groups excluding tert-OH is 2. The summed E-state index contributed by atoms with van der Waals surface area (Å²) in [7, 11) is 1.23. The lowest BCUT2D eigenvalue weighted by Crippen LogP contribution is -2.48. The molecule has 1 rings (SSSR count). The number of rotatable bonds is 11. The summed E-state index contributed by atoms with van der Waals surface area (Å²) in [5, 5.41) is 25.3. The summed E-state index contributed by atoms with van der Waals surface area (Å²) in [4.78, 5) is 30.4. The van der Waals surface area contributed by atoms with Crippen LogP contribution in [-0.2, 0) is 14.3 Å². The van der Waals surface area contributed by atoms with Gasteiger partial charge in [-0.15, -0.1) is 0 Å². The average molecular weight is 416 g/mol. The number of aromatic nitrogens is 2. The molecular weight excluding hydrogens is 391 g/mol. The van der Waals surface area contributed by atoms with E-state index in [1.54, 1.807) is 13.8 Å². The largest absolute Gasteiger partial charge is 0.467 e. The van der Waals surface area contributed by atoms with E-state index in [1.165, 1.54) is 20.1 Å². The van der Waals surface area contributed by atoms with Gasteiger partial charge in [0.05, 0.1) is 19.8 Å². The van der Waals surface area contributed by atoms with Crippen LogP contribution in [0.25, 0.3) is 10.4 Å². The summed E-state index contributed by atoms with van der Waals surface area (Å²) < 4.78 is 24.3. The maximum absolute atomic E-state index is 13.6. The Morgan fingerprint density at radius 2 is 2.17 bits per heavy atom. The molecule has 0 aromatic carbocycles. The van der Waals surface area contributed by atoms with E-state index >= 15 is 0 Å². The van der Waals surface area contributed by atoms with E-state index in [1.807, 2.05) is 0 Å². The SMILES string of the molecule is COC(=O)[C@H](Nc1ccn([C@@H](CF)O[C@@](CO)(N=[N+]=[N-])[C@@H](C)O)c(=O)n1)C(C)C. The summed E-state index contributed by atoms with van der Waals surface area (Å²) in [6.45, 7) is 2.50. The van der Waals surface area contributed by atoms with Crippen LogP contribution >= 0.6 is 0 Å². The quantitative estimate of drug-likeness (QED) is 0.205. The molecule has 1 aromatic heterocycles. The second kappa shape index (κ2) is 10.7. The summed E-state index contributed by atoms with van der Waals surface area (Å²) in [6, 6.07) is 0.542. The van der Waals surface area contributed by atoms with Crippen LogP contribution in [0.2, 0.25) is 0 Å². The van der Waals surface area contributed by atoms with Crippen molar-refractivity contribution in [2.45, 2.75) is 44.9 Å². The topological polar surface area (TPSA) is 172 Å². The predicted molar refractivity (Wildman–Crippen MR) is 99.5 cm³/mol. The number of aliphatic hydroxyl groups is 2. The van der Waals surface area contributed by atoms with Crippen molar-refractivity contribution < 1.29 is 28.9 Å². The summed E-state index contributed by atoms with van der Waals surface area (Å²) >= 11 is 0. The highest BCUT2D eigenvalue weighted by molar-refractivity contribution is 5.79. The number of carbonyl (C=O) groups excluding carboxylic acids is 1. The zero-order chi connectivity index (χ0) is 22.2. The molecule has 0 unspecified atom stereocenters. The maximum Gasteiger partial charge on any atom is 0.351 e. The number of halogens is 1. The number of alkyl halides is 1. The average Bonchev–Trinajstić information content (AvgIpc) is 2.68. The van der Waals surface area contributed by atoms with Gasteiger partial charge in [0.1, 0.15) is 18.5 Å². The zero-order valence-electron chi connectivity index (χ0n) is 16.5.